The summed E-state index contributed by atoms with van der Waals surface area (Å²) >= 11 is 9.09. The summed E-state index contributed by atoms with van der Waals surface area (Å²) in [6.07, 6.45) is 0. The molecule has 2 amide bonds. The molecule has 0 bridgehead atoms. The van der Waals surface area contributed by atoms with E-state index in [9.17, 15) is 19.2 Å². The van der Waals surface area contributed by atoms with Crippen molar-refractivity contribution in [2.24, 2.45) is 0 Å². The van der Waals surface area contributed by atoms with Crippen LogP contribution in [0.2, 0.25) is 5.02 Å². The normalized spacial score (nSPS) is 15.7. The number of β-lactam (4-membered cyclic amide) rings is 1. The van der Waals surface area contributed by atoms with Crippen LogP contribution in [0.1, 0.15) is 17.3 Å². The molecule has 1 aliphatic heterocycles. The molecule has 10 heteroatoms. The molecule has 178 valence electrons. The van der Waals surface area contributed by atoms with Crippen LogP contribution in [0, 0.1) is 0 Å². The molecular weight excluding hydrogens is 528 g/mol. The largest absolute Gasteiger partial charge is 0.484 e. The van der Waals surface area contributed by atoms with Gasteiger partial charge in [0, 0.05) is 15.9 Å². The Morgan fingerprint density at radius 3 is 2.38 bits per heavy atom. The van der Waals surface area contributed by atoms with Crippen molar-refractivity contribution in [2.75, 3.05) is 25.1 Å². The van der Waals surface area contributed by atoms with Gasteiger partial charge in [-0.15, -0.1) is 0 Å². The highest BCUT2D eigenvalue weighted by molar-refractivity contribution is 9.09. The maximum absolute atomic E-state index is 12.7. The van der Waals surface area contributed by atoms with Gasteiger partial charge in [-0.1, -0.05) is 57.9 Å². The summed E-state index contributed by atoms with van der Waals surface area (Å²) < 4.78 is 10.6. The molecule has 1 heterocycles. The molecule has 0 spiro atoms. The van der Waals surface area contributed by atoms with E-state index >= 15 is 0 Å². The van der Waals surface area contributed by atoms with E-state index in [4.69, 9.17) is 21.1 Å². The number of esters is 1. The molecule has 8 nitrogen and oxygen atoms in total. The van der Waals surface area contributed by atoms with Crippen LogP contribution in [0.4, 0.5) is 0 Å². The van der Waals surface area contributed by atoms with E-state index in [1.165, 1.54) is 4.90 Å². The molecule has 1 aliphatic rings. The van der Waals surface area contributed by atoms with Crippen molar-refractivity contribution in [3.05, 3.63) is 76.5 Å². The first-order valence-corrected chi connectivity index (χ1v) is 11.8. The number of Topliss-reactive ketones (excluding diaryl/α,β-unsaturated/α-hetero) is 1. The molecule has 1 unspecified atom stereocenters. The van der Waals surface area contributed by atoms with Crippen molar-refractivity contribution in [1.82, 2.24) is 10.2 Å². The van der Waals surface area contributed by atoms with Crippen LogP contribution in [-0.4, -0.2) is 59.6 Å². The van der Waals surface area contributed by atoms with Gasteiger partial charge in [-0.2, -0.15) is 0 Å². The second-order valence-electron chi connectivity index (χ2n) is 7.44. The van der Waals surface area contributed by atoms with Gasteiger partial charge in [-0.3, -0.25) is 14.4 Å². The summed E-state index contributed by atoms with van der Waals surface area (Å²) in [6.45, 7) is 1.03. The summed E-state index contributed by atoms with van der Waals surface area (Å²) in [7, 11) is 0. The van der Waals surface area contributed by atoms with Crippen LogP contribution < -0.4 is 10.1 Å². The van der Waals surface area contributed by atoms with Gasteiger partial charge < -0.3 is 19.7 Å². The highest BCUT2D eigenvalue weighted by Crippen LogP contribution is 2.23. The van der Waals surface area contributed by atoms with E-state index in [-0.39, 0.29) is 24.6 Å². The Balaban J connectivity index is 1.54. The lowest BCUT2D eigenvalue weighted by atomic mass is 10.0. The van der Waals surface area contributed by atoms with Crippen molar-refractivity contribution in [3.63, 3.8) is 0 Å². The average molecular weight is 550 g/mol. The molecule has 2 aromatic carbocycles. The number of carbonyl (C=O) groups excluding carboxylic acids is 4. The summed E-state index contributed by atoms with van der Waals surface area (Å²) in [5.74, 6) is -1.61. The number of ether oxygens (including phenoxy) is 2. The number of likely N-dealkylation sites (tertiary alicyclic amines) is 1. The lowest BCUT2D eigenvalue weighted by Gasteiger charge is -2.39. The summed E-state index contributed by atoms with van der Waals surface area (Å²) in [5, 5.41) is 3.44. The Morgan fingerprint density at radius 2 is 1.76 bits per heavy atom. The topological polar surface area (TPSA) is 102 Å². The van der Waals surface area contributed by atoms with Crippen LogP contribution in [0.25, 0.3) is 0 Å². The fourth-order valence-corrected chi connectivity index (χ4v) is 3.53. The first-order valence-electron chi connectivity index (χ1n) is 10.3. The lowest BCUT2D eigenvalue weighted by molar-refractivity contribution is -0.151. The number of nitrogens with zero attached hydrogens (tertiary/aromatic N) is 1. The van der Waals surface area contributed by atoms with Gasteiger partial charge >= 0.3 is 5.97 Å². The van der Waals surface area contributed by atoms with E-state index < -0.39 is 30.4 Å². The molecule has 1 N–H and O–H groups in total. The Bertz CT molecular complexity index is 1100. The van der Waals surface area contributed by atoms with Crippen LogP contribution >= 0.6 is 27.5 Å². The van der Waals surface area contributed by atoms with E-state index in [0.29, 0.717) is 27.2 Å². The number of hydrogen-bond acceptors (Lipinski definition) is 6. The lowest BCUT2D eigenvalue weighted by Crippen LogP contribution is -2.64. The fourth-order valence-electron chi connectivity index (χ4n) is 3.14. The molecule has 0 saturated carbocycles. The van der Waals surface area contributed by atoms with E-state index in [0.717, 1.165) is 0 Å². The SMILES string of the molecule is C/C(CBr)=C(\C(=O)OCC(=O)c1ccccc1)N1CC(NC(=O)COc2ccc(Cl)cc2)C1=O. The smallest absolute Gasteiger partial charge is 0.355 e. The highest BCUT2D eigenvalue weighted by Gasteiger charge is 2.42. The van der Waals surface area contributed by atoms with Gasteiger partial charge in [-0.05, 0) is 36.8 Å². The number of nitrogens with one attached hydrogen (secondary N) is 1. The number of ketones is 1. The standard InChI is InChI=1S/C24H22BrClN2O6/c1-15(11-25)22(24(32)34-13-20(29)16-5-3-2-4-6-16)28-12-19(23(28)31)27-21(30)14-33-18-9-7-17(26)8-10-18/h2-10,19H,11-14H2,1H3,(H,27,30)/b22-15-. The minimum absolute atomic E-state index is 0.0469. The highest BCUT2D eigenvalue weighted by atomic mass is 79.9. The van der Waals surface area contributed by atoms with E-state index in [1.807, 2.05) is 0 Å². The Hall–Kier alpha value is -3.17. The van der Waals surface area contributed by atoms with Gasteiger partial charge in [0.25, 0.3) is 11.8 Å². The quantitative estimate of drug-likeness (QED) is 0.161. The first-order chi connectivity index (χ1) is 16.3. The number of hydrogen-bond donors (Lipinski definition) is 1. The Labute approximate surface area is 210 Å². The number of allylic oxidation sites excluding steroid dienone is 1. The number of rotatable bonds is 10. The minimum Gasteiger partial charge on any atom is -0.484 e. The summed E-state index contributed by atoms with van der Waals surface area (Å²) in [6, 6.07) is 14.2. The molecule has 2 aromatic rings. The molecule has 0 aromatic heterocycles. The molecule has 0 aliphatic carbocycles. The predicted molar refractivity (Wildman–Crippen MR) is 129 cm³/mol. The zero-order valence-corrected chi connectivity index (χ0v) is 20.6. The molecule has 1 atom stereocenters. The number of halogens is 2. The van der Waals surface area contributed by atoms with Crippen molar-refractivity contribution in [3.8, 4) is 5.75 Å². The van der Waals surface area contributed by atoms with Gasteiger partial charge in [0.1, 0.15) is 17.5 Å². The fraction of sp³-hybridized carbons (Fsp3) is 0.250. The molecular formula is C24H22BrClN2O6. The molecule has 1 saturated heterocycles. The average Bonchev–Trinajstić information content (AvgIpc) is 2.86. The monoisotopic (exact) mass is 548 g/mol. The third-order valence-electron chi connectivity index (χ3n) is 4.95. The number of carbonyl (C=O) groups is 4. The number of alkyl halides is 1. The van der Waals surface area contributed by atoms with Gasteiger partial charge in [0.2, 0.25) is 0 Å². The van der Waals surface area contributed by atoms with Gasteiger partial charge in [0.05, 0.1) is 6.54 Å². The van der Waals surface area contributed by atoms with Gasteiger partial charge in [0.15, 0.2) is 19.0 Å². The maximum Gasteiger partial charge on any atom is 0.355 e. The van der Waals surface area contributed by atoms with Crippen LogP contribution in [-0.2, 0) is 19.1 Å². The number of amides is 2. The second-order valence-corrected chi connectivity index (χ2v) is 8.44. The summed E-state index contributed by atoms with van der Waals surface area (Å²) in [5.41, 5.74) is 1.02. The molecule has 3 rings (SSSR count). The van der Waals surface area contributed by atoms with Crippen molar-refractivity contribution in [2.45, 2.75) is 13.0 Å². The Kier molecular flexibility index (Phi) is 8.84. The molecule has 0 radical (unpaired) electrons. The third-order valence-corrected chi connectivity index (χ3v) is 6.04. The van der Waals surface area contributed by atoms with Crippen molar-refractivity contribution >= 4 is 51.1 Å². The predicted octanol–water partition coefficient (Wildman–Crippen LogP) is 3.14. The van der Waals surface area contributed by atoms with Crippen LogP contribution in [0.3, 0.4) is 0 Å². The second kappa shape index (κ2) is 11.8. The first kappa shape index (κ1) is 25.5. The van der Waals surface area contributed by atoms with Gasteiger partial charge in [-0.25, -0.2) is 4.79 Å². The minimum atomic E-state index is -0.793. The van der Waals surface area contributed by atoms with Crippen molar-refractivity contribution in [1.29, 1.82) is 0 Å². The van der Waals surface area contributed by atoms with E-state index in [2.05, 4.69) is 21.2 Å². The van der Waals surface area contributed by atoms with E-state index in [1.54, 1.807) is 61.5 Å². The summed E-state index contributed by atoms with van der Waals surface area (Å²) in [4.78, 5) is 51.0. The maximum atomic E-state index is 12.7. The van der Waals surface area contributed by atoms with Crippen LogP contribution in [0.15, 0.2) is 65.9 Å². The third kappa shape index (κ3) is 6.45. The van der Waals surface area contributed by atoms with Crippen LogP contribution in [0.5, 0.6) is 5.75 Å². The zero-order chi connectivity index (χ0) is 24.7. The zero-order valence-electron chi connectivity index (χ0n) is 18.3. The molecule has 1 fully saturated rings. The van der Waals surface area contributed by atoms with Crippen molar-refractivity contribution < 1.29 is 28.7 Å². The number of benzene rings is 2. The molecule has 34 heavy (non-hydrogen) atoms. The Morgan fingerprint density at radius 1 is 1.09 bits per heavy atom.